The first-order chi connectivity index (χ1) is 10.9. The van der Waals surface area contributed by atoms with Crippen molar-refractivity contribution in [3.63, 3.8) is 0 Å². The van der Waals surface area contributed by atoms with E-state index in [0.717, 1.165) is 5.69 Å². The van der Waals surface area contributed by atoms with Gasteiger partial charge in [-0.05, 0) is 32.4 Å². The molecule has 0 radical (unpaired) electrons. The van der Waals surface area contributed by atoms with Gasteiger partial charge in [-0.1, -0.05) is 18.2 Å². The molecule has 23 heavy (non-hydrogen) atoms. The summed E-state index contributed by atoms with van der Waals surface area (Å²) in [6.45, 7) is 6.01. The van der Waals surface area contributed by atoms with Gasteiger partial charge in [-0.3, -0.25) is 14.3 Å². The minimum absolute atomic E-state index is 0.153. The maximum Gasteiger partial charge on any atom is 0.312 e. The summed E-state index contributed by atoms with van der Waals surface area (Å²) in [7, 11) is 0. The second-order valence-corrected chi connectivity index (χ2v) is 6.05. The molecule has 1 aromatic heterocycles. The molecule has 6 heteroatoms. The molecule has 2 heterocycles. The standard InChI is InChI=1S/C17H19N3O3/c1-10(2)20-11(3)13(8-18-20)16(21)19-9-14(17(22)23)12-6-4-5-7-15(12)19/h4-8,10,14H,9H2,1-3H3,(H,22,23). The van der Waals surface area contributed by atoms with Gasteiger partial charge in [0.25, 0.3) is 5.91 Å². The van der Waals surface area contributed by atoms with Crippen molar-refractivity contribution in [3.05, 3.63) is 47.3 Å². The smallest absolute Gasteiger partial charge is 0.312 e. The Morgan fingerprint density at radius 3 is 2.61 bits per heavy atom. The van der Waals surface area contributed by atoms with Gasteiger partial charge in [0, 0.05) is 24.0 Å². The summed E-state index contributed by atoms with van der Waals surface area (Å²) >= 11 is 0. The van der Waals surface area contributed by atoms with E-state index in [1.807, 2.05) is 26.8 Å². The Hall–Kier alpha value is -2.63. The number of nitrogens with zero attached hydrogens (tertiary/aromatic N) is 3. The van der Waals surface area contributed by atoms with Crippen LogP contribution in [-0.4, -0.2) is 33.3 Å². The van der Waals surface area contributed by atoms with Crippen molar-refractivity contribution in [1.29, 1.82) is 0 Å². The number of hydrogen-bond donors (Lipinski definition) is 1. The molecular weight excluding hydrogens is 294 g/mol. The number of carboxylic acid groups (broad SMARTS) is 1. The molecule has 1 aliphatic heterocycles. The second-order valence-electron chi connectivity index (χ2n) is 6.05. The number of carbonyl (C=O) groups excluding carboxylic acids is 1. The molecule has 1 N–H and O–H groups in total. The zero-order valence-corrected chi connectivity index (χ0v) is 13.4. The van der Waals surface area contributed by atoms with E-state index >= 15 is 0 Å². The summed E-state index contributed by atoms with van der Waals surface area (Å²) < 4.78 is 1.80. The molecule has 6 nitrogen and oxygen atoms in total. The van der Waals surface area contributed by atoms with Crippen LogP contribution in [0.2, 0.25) is 0 Å². The third kappa shape index (κ3) is 2.40. The van der Waals surface area contributed by atoms with E-state index in [4.69, 9.17) is 0 Å². The Morgan fingerprint density at radius 2 is 2.00 bits per heavy atom. The Balaban J connectivity index is 2.00. The predicted molar refractivity (Wildman–Crippen MR) is 85.8 cm³/mol. The van der Waals surface area contributed by atoms with E-state index < -0.39 is 11.9 Å². The van der Waals surface area contributed by atoms with Crippen LogP contribution in [0, 0.1) is 6.92 Å². The van der Waals surface area contributed by atoms with Crippen molar-refractivity contribution in [2.75, 3.05) is 11.4 Å². The molecular formula is C17H19N3O3. The number of aromatic nitrogens is 2. The van der Waals surface area contributed by atoms with E-state index in [0.29, 0.717) is 16.8 Å². The SMILES string of the molecule is Cc1c(C(=O)N2CC(C(=O)O)c3ccccc32)cnn1C(C)C. The average Bonchev–Trinajstić information content (AvgIpc) is 3.07. The molecule has 120 valence electrons. The highest BCUT2D eigenvalue weighted by Crippen LogP contribution is 2.37. The number of aliphatic carboxylic acids is 1. The molecule has 1 amide bonds. The first kappa shape index (κ1) is 15.3. The zero-order valence-electron chi connectivity index (χ0n) is 13.4. The van der Waals surface area contributed by atoms with Gasteiger partial charge in [-0.15, -0.1) is 0 Å². The summed E-state index contributed by atoms with van der Waals surface area (Å²) in [5, 5.41) is 13.7. The number of rotatable bonds is 3. The van der Waals surface area contributed by atoms with Crippen LogP contribution >= 0.6 is 0 Å². The largest absolute Gasteiger partial charge is 0.481 e. The number of para-hydroxylation sites is 1. The second kappa shape index (κ2) is 5.53. The molecule has 1 aromatic carbocycles. The highest BCUT2D eigenvalue weighted by atomic mass is 16.4. The summed E-state index contributed by atoms with van der Waals surface area (Å²) in [5.41, 5.74) is 2.66. The van der Waals surface area contributed by atoms with Gasteiger partial charge in [-0.25, -0.2) is 0 Å². The van der Waals surface area contributed by atoms with Gasteiger partial charge < -0.3 is 10.0 Å². The van der Waals surface area contributed by atoms with Crippen LogP contribution in [0.15, 0.2) is 30.5 Å². The van der Waals surface area contributed by atoms with Gasteiger partial charge in [0.15, 0.2) is 0 Å². The van der Waals surface area contributed by atoms with Crippen molar-refractivity contribution in [3.8, 4) is 0 Å². The van der Waals surface area contributed by atoms with Crippen molar-refractivity contribution in [1.82, 2.24) is 9.78 Å². The fourth-order valence-corrected chi connectivity index (χ4v) is 3.11. The van der Waals surface area contributed by atoms with Crippen LogP contribution in [0.4, 0.5) is 5.69 Å². The number of benzene rings is 1. The maximum atomic E-state index is 12.9. The van der Waals surface area contributed by atoms with E-state index in [1.54, 1.807) is 34.0 Å². The average molecular weight is 313 g/mol. The molecule has 0 bridgehead atoms. The molecule has 3 rings (SSSR count). The summed E-state index contributed by atoms with van der Waals surface area (Å²) in [6, 6.07) is 7.33. The monoisotopic (exact) mass is 313 g/mol. The Kier molecular flexibility index (Phi) is 3.67. The number of amides is 1. The van der Waals surface area contributed by atoms with Gasteiger partial charge in [-0.2, -0.15) is 5.10 Å². The normalized spacial score (nSPS) is 16.7. The number of anilines is 1. The molecule has 0 saturated heterocycles. The molecule has 1 unspecified atom stereocenters. The van der Waals surface area contributed by atoms with Crippen molar-refractivity contribution < 1.29 is 14.7 Å². The highest BCUT2D eigenvalue weighted by Gasteiger charge is 2.37. The number of fused-ring (bicyclic) bond motifs is 1. The lowest BCUT2D eigenvalue weighted by Gasteiger charge is -2.17. The number of carbonyl (C=O) groups is 2. The summed E-state index contributed by atoms with van der Waals surface area (Å²) in [6.07, 6.45) is 1.56. The van der Waals surface area contributed by atoms with Crippen LogP contribution in [0.5, 0.6) is 0 Å². The molecule has 0 saturated carbocycles. The van der Waals surface area contributed by atoms with Crippen molar-refractivity contribution in [2.45, 2.75) is 32.7 Å². The van der Waals surface area contributed by atoms with Gasteiger partial charge >= 0.3 is 5.97 Å². The molecule has 1 atom stereocenters. The van der Waals surface area contributed by atoms with Crippen LogP contribution in [0.1, 0.15) is 47.4 Å². The molecule has 0 fully saturated rings. The molecule has 1 aliphatic rings. The molecule has 2 aromatic rings. The number of carboxylic acids is 1. The molecule has 0 spiro atoms. The van der Waals surface area contributed by atoms with Crippen molar-refractivity contribution in [2.24, 2.45) is 0 Å². The Labute approximate surface area is 134 Å². The van der Waals surface area contributed by atoms with E-state index in [2.05, 4.69) is 5.10 Å². The Bertz CT molecular complexity index is 779. The van der Waals surface area contributed by atoms with Crippen LogP contribution in [0.3, 0.4) is 0 Å². The van der Waals surface area contributed by atoms with Gasteiger partial charge in [0.05, 0.1) is 11.8 Å². The van der Waals surface area contributed by atoms with Gasteiger partial charge in [0.1, 0.15) is 5.92 Å². The predicted octanol–water partition coefficient (Wildman–Crippen LogP) is 2.60. The number of hydrogen-bond acceptors (Lipinski definition) is 3. The van der Waals surface area contributed by atoms with Crippen LogP contribution < -0.4 is 4.90 Å². The lowest BCUT2D eigenvalue weighted by molar-refractivity contribution is -0.138. The summed E-state index contributed by atoms with van der Waals surface area (Å²) in [5.74, 6) is -1.80. The minimum Gasteiger partial charge on any atom is -0.481 e. The fourth-order valence-electron chi connectivity index (χ4n) is 3.11. The topological polar surface area (TPSA) is 75.4 Å². The third-order valence-corrected chi connectivity index (χ3v) is 4.28. The highest BCUT2D eigenvalue weighted by molar-refractivity contribution is 6.09. The first-order valence-electron chi connectivity index (χ1n) is 7.59. The first-order valence-corrected chi connectivity index (χ1v) is 7.59. The quantitative estimate of drug-likeness (QED) is 0.945. The van der Waals surface area contributed by atoms with Crippen molar-refractivity contribution >= 4 is 17.6 Å². The Morgan fingerprint density at radius 1 is 1.30 bits per heavy atom. The third-order valence-electron chi connectivity index (χ3n) is 4.28. The fraction of sp³-hybridized carbons (Fsp3) is 0.353. The zero-order chi connectivity index (χ0) is 16.7. The van der Waals surface area contributed by atoms with Gasteiger partial charge in [0.2, 0.25) is 0 Å². The van der Waals surface area contributed by atoms with E-state index in [9.17, 15) is 14.7 Å². The maximum absolute atomic E-state index is 12.9. The summed E-state index contributed by atoms with van der Waals surface area (Å²) in [4.78, 5) is 25.9. The van der Waals surface area contributed by atoms with Crippen LogP contribution in [-0.2, 0) is 4.79 Å². The lowest BCUT2D eigenvalue weighted by atomic mass is 10.0. The molecule has 0 aliphatic carbocycles. The van der Waals surface area contributed by atoms with Crippen LogP contribution in [0.25, 0.3) is 0 Å². The van der Waals surface area contributed by atoms with E-state index in [1.165, 1.54) is 0 Å². The van der Waals surface area contributed by atoms with E-state index in [-0.39, 0.29) is 18.5 Å². The minimum atomic E-state index is -0.914. The lowest BCUT2D eigenvalue weighted by Crippen LogP contribution is -2.31.